The fourth-order valence-electron chi connectivity index (χ4n) is 2.92. The van der Waals surface area contributed by atoms with Crippen LogP contribution in [0.2, 0.25) is 0 Å². The van der Waals surface area contributed by atoms with E-state index >= 15 is 0 Å². The number of aromatic nitrogens is 4. The highest BCUT2D eigenvalue weighted by Gasteiger charge is 2.21. The van der Waals surface area contributed by atoms with Crippen LogP contribution in [-0.2, 0) is 6.54 Å². The molecule has 0 radical (unpaired) electrons. The summed E-state index contributed by atoms with van der Waals surface area (Å²) < 4.78 is 5.23. The first kappa shape index (κ1) is 17.8. The third-order valence-corrected chi connectivity index (χ3v) is 4.48. The molecule has 1 saturated heterocycles. The molecule has 1 fully saturated rings. The van der Waals surface area contributed by atoms with Crippen LogP contribution in [-0.4, -0.2) is 51.2 Å². The lowest BCUT2D eigenvalue weighted by Crippen LogP contribution is -2.46. The summed E-state index contributed by atoms with van der Waals surface area (Å²) in [5.41, 5.74) is 1.12. The molecule has 136 valence electrons. The van der Waals surface area contributed by atoms with Gasteiger partial charge in [0.1, 0.15) is 11.6 Å². The quantitative estimate of drug-likeness (QED) is 0.826. The van der Waals surface area contributed by atoms with Gasteiger partial charge < -0.3 is 9.42 Å². The zero-order valence-electron chi connectivity index (χ0n) is 15.9. The first-order chi connectivity index (χ1) is 11.9. The summed E-state index contributed by atoms with van der Waals surface area (Å²) in [7, 11) is 0. The van der Waals surface area contributed by atoms with Crippen LogP contribution in [0.15, 0.2) is 10.6 Å². The fourth-order valence-corrected chi connectivity index (χ4v) is 2.92. The maximum atomic E-state index is 5.23. The molecule has 7 nitrogen and oxygen atoms in total. The van der Waals surface area contributed by atoms with Gasteiger partial charge in [-0.2, -0.15) is 4.98 Å². The number of hydrogen-bond donors (Lipinski definition) is 0. The van der Waals surface area contributed by atoms with Crippen molar-refractivity contribution in [3.63, 3.8) is 0 Å². The van der Waals surface area contributed by atoms with E-state index in [9.17, 15) is 0 Å². The minimum atomic E-state index is 0.333. The monoisotopic (exact) mass is 344 g/mol. The molecule has 3 rings (SSSR count). The van der Waals surface area contributed by atoms with Gasteiger partial charge in [0.25, 0.3) is 0 Å². The minimum Gasteiger partial charge on any atom is -0.354 e. The van der Waals surface area contributed by atoms with Crippen LogP contribution in [0.25, 0.3) is 0 Å². The van der Waals surface area contributed by atoms with E-state index in [1.54, 1.807) is 0 Å². The molecule has 0 aliphatic carbocycles. The molecule has 2 aromatic rings. The molecule has 0 N–H and O–H groups in total. The second kappa shape index (κ2) is 7.47. The summed E-state index contributed by atoms with van der Waals surface area (Å²) in [6.45, 7) is 15.0. The Kier molecular flexibility index (Phi) is 5.32. The van der Waals surface area contributed by atoms with E-state index in [0.29, 0.717) is 30.1 Å². The van der Waals surface area contributed by atoms with Gasteiger partial charge in [0, 0.05) is 43.9 Å². The normalized spacial score (nSPS) is 16.2. The predicted molar refractivity (Wildman–Crippen MR) is 96.7 cm³/mol. The Morgan fingerprint density at radius 1 is 1.00 bits per heavy atom. The van der Waals surface area contributed by atoms with Crippen LogP contribution in [0.1, 0.15) is 62.8 Å². The largest absolute Gasteiger partial charge is 0.354 e. The topological polar surface area (TPSA) is 71.2 Å². The van der Waals surface area contributed by atoms with E-state index in [1.807, 2.05) is 6.92 Å². The number of nitrogens with zero attached hydrogens (tertiary/aromatic N) is 6. The van der Waals surface area contributed by atoms with Crippen molar-refractivity contribution in [2.24, 2.45) is 0 Å². The lowest BCUT2D eigenvalue weighted by Gasteiger charge is -2.35. The molecule has 0 bridgehead atoms. The van der Waals surface area contributed by atoms with Crippen molar-refractivity contribution in [2.45, 2.75) is 53.0 Å². The van der Waals surface area contributed by atoms with Gasteiger partial charge >= 0.3 is 0 Å². The zero-order chi connectivity index (χ0) is 18.0. The van der Waals surface area contributed by atoms with Crippen molar-refractivity contribution < 1.29 is 4.52 Å². The van der Waals surface area contributed by atoms with Crippen molar-refractivity contribution in [2.75, 3.05) is 31.1 Å². The summed E-state index contributed by atoms with van der Waals surface area (Å²) in [6, 6.07) is 2.15. The van der Waals surface area contributed by atoms with E-state index in [0.717, 1.165) is 43.5 Å². The standard InChI is InChI=1S/C18H28N6O/c1-12(2)15-10-16(21-18(20-15)13(3)4)24-8-6-23(7-9-24)11-17-19-14(5)22-25-17/h10,12-13H,6-9,11H2,1-5H3. The maximum Gasteiger partial charge on any atom is 0.240 e. The summed E-state index contributed by atoms with van der Waals surface area (Å²) in [5.74, 6) is 4.11. The molecule has 0 unspecified atom stereocenters. The van der Waals surface area contributed by atoms with Crippen LogP contribution in [0.4, 0.5) is 5.82 Å². The summed E-state index contributed by atoms with van der Waals surface area (Å²) in [4.78, 5) is 18.5. The maximum absolute atomic E-state index is 5.23. The van der Waals surface area contributed by atoms with E-state index in [1.165, 1.54) is 0 Å². The molecule has 0 aromatic carbocycles. The van der Waals surface area contributed by atoms with Gasteiger partial charge in [-0.3, -0.25) is 4.90 Å². The molecule has 0 atom stereocenters. The summed E-state index contributed by atoms with van der Waals surface area (Å²) in [6.07, 6.45) is 0. The zero-order valence-corrected chi connectivity index (χ0v) is 15.9. The van der Waals surface area contributed by atoms with Crippen molar-refractivity contribution in [3.8, 4) is 0 Å². The lowest BCUT2D eigenvalue weighted by molar-refractivity contribution is 0.215. The van der Waals surface area contributed by atoms with Gasteiger partial charge in [0.2, 0.25) is 5.89 Å². The molecule has 3 heterocycles. The molecular formula is C18H28N6O. The number of rotatable bonds is 5. The van der Waals surface area contributed by atoms with Crippen LogP contribution >= 0.6 is 0 Å². The average Bonchev–Trinajstić information content (AvgIpc) is 3.00. The van der Waals surface area contributed by atoms with E-state index in [4.69, 9.17) is 14.5 Å². The van der Waals surface area contributed by atoms with E-state index in [-0.39, 0.29) is 0 Å². The van der Waals surface area contributed by atoms with Gasteiger partial charge in [-0.05, 0) is 12.8 Å². The Bertz CT molecular complexity index is 677. The molecule has 7 heteroatoms. The number of piperazine rings is 1. The van der Waals surface area contributed by atoms with Crippen LogP contribution < -0.4 is 4.90 Å². The molecule has 1 aliphatic heterocycles. The summed E-state index contributed by atoms with van der Waals surface area (Å²) >= 11 is 0. The van der Waals surface area contributed by atoms with Gasteiger partial charge in [0.15, 0.2) is 5.82 Å². The van der Waals surface area contributed by atoms with Crippen molar-refractivity contribution in [1.82, 2.24) is 25.0 Å². The number of aryl methyl sites for hydroxylation is 1. The number of hydrogen-bond acceptors (Lipinski definition) is 7. The Hall–Kier alpha value is -2.02. The SMILES string of the molecule is Cc1noc(CN2CCN(c3cc(C(C)C)nc(C(C)C)n3)CC2)n1. The molecule has 2 aromatic heterocycles. The highest BCUT2D eigenvalue weighted by atomic mass is 16.5. The molecule has 25 heavy (non-hydrogen) atoms. The van der Waals surface area contributed by atoms with Crippen molar-refractivity contribution in [3.05, 3.63) is 29.3 Å². The number of anilines is 1. The second-order valence-electron chi connectivity index (χ2n) is 7.32. The molecule has 1 aliphatic rings. The molecule has 0 spiro atoms. The Morgan fingerprint density at radius 3 is 2.28 bits per heavy atom. The molecule has 0 amide bonds. The first-order valence-corrected chi connectivity index (χ1v) is 9.07. The Labute approximate surface area is 149 Å². The van der Waals surface area contributed by atoms with E-state index in [2.05, 4.69) is 53.7 Å². The van der Waals surface area contributed by atoms with E-state index < -0.39 is 0 Å². The van der Waals surface area contributed by atoms with Gasteiger partial charge in [0.05, 0.1) is 6.54 Å². The Morgan fingerprint density at radius 2 is 1.72 bits per heavy atom. The van der Waals surface area contributed by atoms with Crippen LogP contribution in [0.3, 0.4) is 0 Å². The summed E-state index contributed by atoms with van der Waals surface area (Å²) in [5, 5.41) is 3.86. The Balaban J connectivity index is 1.67. The highest BCUT2D eigenvalue weighted by molar-refractivity contribution is 5.41. The van der Waals surface area contributed by atoms with Gasteiger partial charge in [-0.1, -0.05) is 32.9 Å². The highest BCUT2D eigenvalue weighted by Crippen LogP contribution is 2.23. The molecule has 0 saturated carbocycles. The smallest absolute Gasteiger partial charge is 0.240 e. The van der Waals surface area contributed by atoms with Crippen LogP contribution in [0.5, 0.6) is 0 Å². The predicted octanol–water partition coefficient (Wildman–Crippen LogP) is 2.74. The lowest BCUT2D eigenvalue weighted by atomic mass is 10.1. The third-order valence-electron chi connectivity index (χ3n) is 4.48. The minimum absolute atomic E-state index is 0.333. The molecular weight excluding hydrogens is 316 g/mol. The average molecular weight is 344 g/mol. The van der Waals surface area contributed by atoms with Gasteiger partial charge in [-0.25, -0.2) is 9.97 Å². The van der Waals surface area contributed by atoms with Crippen molar-refractivity contribution in [1.29, 1.82) is 0 Å². The van der Waals surface area contributed by atoms with Gasteiger partial charge in [-0.15, -0.1) is 0 Å². The third kappa shape index (κ3) is 4.34. The second-order valence-corrected chi connectivity index (χ2v) is 7.32. The van der Waals surface area contributed by atoms with Crippen molar-refractivity contribution >= 4 is 5.82 Å². The fraction of sp³-hybridized carbons (Fsp3) is 0.667. The first-order valence-electron chi connectivity index (χ1n) is 9.07. The van der Waals surface area contributed by atoms with Crippen LogP contribution in [0, 0.1) is 6.92 Å².